The van der Waals surface area contributed by atoms with E-state index >= 15 is 0 Å². The summed E-state index contributed by atoms with van der Waals surface area (Å²) in [5.74, 6) is -2.66. The summed E-state index contributed by atoms with van der Waals surface area (Å²) in [6.45, 7) is 5.70. The molecular weight excluding hydrogens is 308 g/mol. The van der Waals surface area contributed by atoms with E-state index in [0.29, 0.717) is 11.3 Å². The lowest BCUT2D eigenvalue weighted by molar-refractivity contribution is -0.139. The normalized spacial score (nSPS) is 8.73. The largest absolute Gasteiger partial charge is 0.481 e. The maximum Gasteiger partial charge on any atom is 0.340 e. The fourth-order valence-electron chi connectivity index (χ4n) is 1.44. The van der Waals surface area contributed by atoms with Crippen LogP contribution in [-0.4, -0.2) is 30.1 Å². The minimum absolute atomic E-state index is 0. The summed E-state index contributed by atoms with van der Waals surface area (Å²) >= 11 is 0. The Hall–Kier alpha value is -2.22. The second kappa shape index (κ2) is 10.5. The number of methoxy groups -OCH3 is 1. The fraction of sp³-hybridized carbons (Fsp3) is 0.357. The van der Waals surface area contributed by atoms with E-state index in [4.69, 9.17) is 10.8 Å². The Bertz CT molecular complexity index is 546. The third-order valence-corrected chi connectivity index (χ3v) is 2.40. The molecule has 7 nitrogen and oxygen atoms in total. The Morgan fingerprint density at radius 2 is 1.82 bits per heavy atom. The molecule has 4 N–H and O–H groups in total. The van der Waals surface area contributed by atoms with E-state index in [9.17, 15) is 14.4 Å². The number of aliphatic carboxylic acids is 1. The molecule has 22 heavy (non-hydrogen) atoms. The number of nitrogens with one attached hydrogen (secondary N) is 1. The number of amides is 1. The summed E-state index contributed by atoms with van der Waals surface area (Å²) in [6.07, 6.45) is -0.690. The zero-order valence-corrected chi connectivity index (χ0v) is 14.0. The molecule has 0 bridgehead atoms. The van der Waals surface area contributed by atoms with Crippen LogP contribution in [-0.2, 0) is 14.3 Å². The number of hydrogen-bond donors (Lipinski definition) is 3. The van der Waals surface area contributed by atoms with E-state index in [-0.39, 0.29) is 24.7 Å². The van der Waals surface area contributed by atoms with Crippen LogP contribution in [0.1, 0.15) is 36.2 Å². The minimum atomic E-state index is -1.26. The molecule has 124 valence electrons. The van der Waals surface area contributed by atoms with Crippen molar-refractivity contribution in [2.75, 3.05) is 18.2 Å². The summed E-state index contributed by atoms with van der Waals surface area (Å²) in [6, 6.07) is 2.86. The average molecular weight is 330 g/mol. The first-order chi connectivity index (χ1) is 9.85. The second-order valence-corrected chi connectivity index (χ2v) is 3.86. The topological polar surface area (TPSA) is 119 Å². The van der Waals surface area contributed by atoms with E-state index in [1.54, 1.807) is 6.92 Å². The molecule has 0 aliphatic heterocycles. The number of rotatable bonds is 4. The van der Waals surface area contributed by atoms with Crippen molar-refractivity contribution in [3.63, 3.8) is 0 Å². The van der Waals surface area contributed by atoms with E-state index in [1.807, 2.05) is 13.8 Å². The molecule has 0 aliphatic rings. The highest BCUT2D eigenvalue weighted by Crippen LogP contribution is 2.23. The van der Waals surface area contributed by atoms with Crippen LogP contribution >= 0.6 is 13.5 Å². The molecule has 1 rings (SSSR count). The van der Waals surface area contributed by atoms with Crippen molar-refractivity contribution in [3.05, 3.63) is 23.3 Å². The number of hydrogen-bond acceptors (Lipinski definition) is 5. The first-order valence-electron chi connectivity index (χ1n) is 6.35. The average Bonchev–Trinajstić information content (AvgIpc) is 2.43. The minimum Gasteiger partial charge on any atom is -0.481 e. The van der Waals surface area contributed by atoms with Gasteiger partial charge in [-0.15, -0.1) is 0 Å². The van der Waals surface area contributed by atoms with Gasteiger partial charge in [-0.1, -0.05) is 13.8 Å². The van der Waals surface area contributed by atoms with Gasteiger partial charge < -0.3 is 20.9 Å². The quantitative estimate of drug-likeness (QED) is 0.441. The standard InChI is InChI=1S/C12H14N2O5.C2H6.H2S/c1-6-3-9(14-10(15)5-11(16)17)7(4-8(6)13)12(18)19-2;1-2;/h3-4H,5,13H2,1-2H3,(H,14,15)(H,16,17);1-2H3;1H2. The first kappa shape index (κ1) is 22.1. The van der Waals surface area contributed by atoms with Crippen LogP contribution in [0, 0.1) is 6.92 Å². The molecule has 8 heteroatoms. The van der Waals surface area contributed by atoms with Crippen molar-refractivity contribution in [2.24, 2.45) is 0 Å². The van der Waals surface area contributed by atoms with Crippen molar-refractivity contribution in [3.8, 4) is 0 Å². The Balaban J connectivity index is 0. The Morgan fingerprint density at radius 3 is 2.27 bits per heavy atom. The van der Waals surface area contributed by atoms with Crippen LogP contribution in [0.5, 0.6) is 0 Å². The maximum atomic E-state index is 11.6. The molecule has 0 atom stereocenters. The van der Waals surface area contributed by atoms with Crippen LogP contribution in [0.25, 0.3) is 0 Å². The Labute approximate surface area is 136 Å². The zero-order chi connectivity index (χ0) is 16.6. The fourth-order valence-corrected chi connectivity index (χ4v) is 1.44. The van der Waals surface area contributed by atoms with E-state index in [2.05, 4.69) is 10.1 Å². The van der Waals surface area contributed by atoms with Crippen LogP contribution in [0.2, 0.25) is 0 Å². The first-order valence-corrected chi connectivity index (χ1v) is 6.35. The van der Waals surface area contributed by atoms with Crippen molar-refractivity contribution in [2.45, 2.75) is 27.2 Å². The van der Waals surface area contributed by atoms with Gasteiger partial charge in [0.05, 0.1) is 18.4 Å². The van der Waals surface area contributed by atoms with Crippen LogP contribution < -0.4 is 11.1 Å². The van der Waals surface area contributed by atoms with Gasteiger partial charge in [-0.3, -0.25) is 9.59 Å². The van der Waals surface area contributed by atoms with Gasteiger partial charge >= 0.3 is 11.9 Å². The molecule has 0 radical (unpaired) electrons. The highest BCUT2D eigenvalue weighted by Gasteiger charge is 2.17. The van der Waals surface area contributed by atoms with Crippen LogP contribution in [0.3, 0.4) is 0 Å². The zero-order valence-electron chi connectivity index (χ0n) is 13.0. The molecule has 0 aliphatic carbocycles. The number of benzene rings is 1. The van der Waals surface area contributed by atoms with Gasteiger partial charge in [0.25, 0.3) is 0 Å². The highest BCUT2D eigenvalue weighted by molar-refractivity contribution is 7.59. The molecule has 0 heterocycles. The number of anilines is 2. The smallest absolute Gasteiger partial charge is 0.340 e. The SMILES string of the molecule is CC.COC(=O)c1cc(N)c(C)cc1NC(=O)CC(=O)O.S. The highest BCUT2D eigenvalue weighted by atomic mass is 32.1. The van der Waals surface area contributed by atoms with Crippen molar-refractivity contribution in [1.29, 1.82) is 0 Å². The number of ether oxygens (including phenoxy) is 1. The van der Waals surface area contributed by atoms with Crippen molar-refractivity contribution >= 4 is 42.7 Å². The van der Waals surface area contributed by atoms with Crippen molar-refractivity contribution < 1.29 is 24.2 Å². The van der Waals surface area contributed by atoms with Crippen molar-refractivity contribution in [1.82, 2.24) is 0 Å². The third kappa shape index (κ3) is 6.49. The summed E-state index contributed by atoms with van der Waals surface area (Å²) < 4.78 is 4.57. The number of carboxylic acid groups (broad SMARTS) is 1. The number of nitrogen functional groups attached to an aromatic ring is 1. The van der Waals surface area contributed by atoms with Gasteiger partial charge in [0.1, 0.15) is 6.42 Å². The molecule has 1 amide bonds. The van der Waals surface area contributed by atoms with Crippen LogP contribution in [0.15, 0.2) is 12.1 Å². The molecule has 0 saturated heterocycles. The molecule has 1 aromatic carbocycles. The monoisotopic (exact) mass is 330 g/mol. The Morgan fingerprint density at radius 1 is 1.27 bits per heavy atom. The molecule has 0 fully saturated rings. The Kier molecular flexibility index (Phi) is 10.5. The van der Waals surface area contributed by atoms with Gasteiger partial charge in [-0.25, -0.2) is 4.79 Å². The number of carbonyl (C=O) groups excluding carboxylic acids is 2. The van der Waals surface area contributed by atoms with Gasteiger partial charge in [0, 0.05) is 5.69 Å². The summed E-state index contributed by atoms with van der Waals surface area (Å²) in [5, 5.41) is 10.9. The van der Waals surface area contributed by atoms with E-state index < -0.39 is 24.3 Å². The molecule has 0 saturated carbocycles. The summed E-state index contributed by atoms with van der Waals surface area (Å²) in [7, 11) is 1.20. The van der Waals surface area contributed by atoms with E-state index in [0.717, 1.165) is 0 Å². The lowest BCUT2D eigenvalue weighted by Crippen LogP contribution is -2.18. The molecule has 0 unspecified atom stereocenters. The number of aryl methyl sites for hydroxylation is 1. The number of carbonyl (C=O) groups is 3. The molecule has 1 aromatic rings. The lowest BCUT2D eigenvalue weighted by Gasteiger charge is -2.12. The summed E-state index contributed by atoms with van der Waals surface area (Å²) in [5.41, 5.74) is 6.95. The van der Waals surface area contributed by atoms with Gasteiger partial charge in [0.2, 0.25) is 5.91 Å². The predicted molar refractivity (Wildman–Crippen MR) is 89.5 cm³/mol. The second-order valence-electron chi connectivity index (χ2n) is 3.86. The van der Waals surface area contributed by atoms with Gasteiger partial charge in [-0.05, 0) is 24.6 Å². The van der Waals surface area contributed by atoms with E-state index in [1.165, 1.54) is 19.2 Å². The maximum absolute atomic E-state index is 11.6. The van der Waals surface area contributed by atoms with Crippen LogP contribution in [0.4, 0.5) is 11.4 Å². The van der Waals surface area contributed by atoms with Gasteiger partial charge in [-0.2, -0.15) is 13.5 Å². The molecular formula is C14H22N2O5S. The third-order valence-electron chi connectivity index (χ3n) is 2.40. The molecule has 0 spiro atoms. The number of esters is 1. The predicted octanol–water partition coefficient (Wildman–Crippen LogP) is 1.92. The molecule has 0 aromatic heterocycles. The number of carboxylic acids is 1. The lowest BCUT2D eigenvalue weighted by atomic mass is 10.1. The summed E-state index contributed by atoms with van der Waals surface area (Å²) in [4.78, 5) is 33.4. The van der Waals surface area contributed by atoms with Gasteiger partial charge in [0.15, 0.2) is 0 Å². The number of nitrogens with two attached hydrogens (primary N) is 1.